The average molecular weight is 215 g/mol. The third-order valence-electron chi connectivity index (χ3n) is 0.909. The van der Waals surface area contributed by atoms with Gasteiger partial charge in [-0.25, -0.2) is 0 Å². The Kier molecular flexibility index (Phi) is 7.06. The van der Waals surface area contributed by atoms with E-state index in [0.29, 0.717) is 0 Å². The van der Waals surface area contributed by atoms with E-state index in [1.165, 1.54) is 6.07 Å². The van der Waals surface area contributed by atoms with Crippen molar-refractivity contribution in [3.05, 3.63) is 22.7 Å². The number of aliphatic hydroxyl groups excluding tert-OH is 1. The van der Waals surface area contributed by atoms with E-state index in [4.69, 9.17) is 22.7 Å². The molecule has 0 rings (SSSR count). The number of amides is 1. The third kappa shape index (κ3) is 3.18. The normalized spacial score (nSPS) is 9.92. The standard InChI is InChI=1S/C6H5N3O2.Cu/c1-9-6(11)4(2-7)5(10)3-8;/h10H,3,8H2;/b5-4-;. The topological polar surface area (TPSA) is 91.5 Å². The van der Waals surface area contributed by atoms with Gasteiger partial charge in [-0.1, -0.05) is 0 Å². The number of nitrogens with zero attached hydrogens (tertiary/aromatic N) is 2. The molecule has 0 aliphatic heterocycles. The first-order chi connectivity index (χ1) is 5.17. The largest absolute Gasteiger partial charge is 0.511 e. The Morgan fingerprint density at radius 2 is 2.25 bits per heavy atom. The molecule has 6 heteroatoms. The van der Waals surface area contributed by atoms with Crippen LogP contribution in [0.2, 0.25) is 0 Å². The minimum atomic E-state index is -1.09. The Bertz CT molecular complexity index is 284. The van der Waals surface area contributed by atoms with Gasteiger partial charge in [-0.05, 0) is 0 Å². The van der Waals surface area contributed by atoms with Gasteiger partial charge >= 0.3 is 5.91 Å². The Balaban J connectivity index is 0. The minimum Gasteiger partial charge on any atom is -0.511 e. The van der Waals surface area contributed by atoms with Crippen LogP contribution in [0.3, 0.4) is 0 Å². The Morgan fingerprint density at radius 3 is 2.50 bits per heavy atom. The van der Waals surface area contributed by atoms with Crippen LogP contribution in [-0.2, 0) is 21.9 Å². The van der Waals surface area contributed by atoms with Gasteiger partial charge in [-0.3, -0.25) is 0 Å². The number of nitriles is 1. The van der Waals surface area contributed by atoms with E-state index in [2.05, 4.69) is 4.85 Å². The second kappa shape index (κ2) is 6.38. The molecular weight excluding hydrogens is 210 g/mol. The second-order valence-corrected chi connectivity index (χ2v) is 1.55. The van der Waals surface area contributed by atoms with E-state index in [-0.39, 0.29) is 23.6 Å². The number of rotatable bonds is 2. The van der Waals surface area contributed by atoms with Crippen LogP contribution in [0.5, 0.6) is 0 Å². The summed E-state index contributed by atoms with van der Waals surface area (Å²) in [5, 5.41) is 17.0. The molecule has 0 saturated carbocycles. The predicted molar refractivity (Wildman–Crippen MR) is 35.9 cm³/mol. The molecule has 0 aliphatic rings. The van der Waals surface area contributed by atoms with Gasteiger partial charge in [0.25, 0.3) is 0 Å². The maximum atomic E-state index is 10.5. The number of hydrogen-bond acceptors (Lipinski definition) is 4. The average Bonchev–Trinajstić information content (AvgIpc) is 2.05. The van der Waals surface area contributed by atoms with Crippen LogP contribution in [0.1, 0.15) is 0 Å². The number of nitrogens with two attached hydrogens (primary N) is 1. The molecule has 0 aliphatic carbocycles. The zero-order valence-corrected chi connectivity index (χ0v) is 6.78. The van der Waals surface area contributed by atoms with Crippen molar-refractivity contribution in [1.29, 1.82) is 5.26 Å². The molecule has 0 aromatic carbocycles. The smallest absolute Gasteiger partial charge is 0.399 e. The molecule has 12 heavy (non-hydrogen) atoms. The first-order valence-electron chi connectivity index (χ1n) is 2.61. The molecule has 3 N–H and O–H groups in total. The molecule has 67 valence electrons. The minimum absolute atomic E-state index is 0. The molecule has 0 atom stereocenters. The fraction of sp³-hybridized carbons (Fsp3) is 0.167. The molecule has 0 aromatic rings. The Labute approximate surface area is 79.8 Å². The second-order valence-electron chi connectivity index (χ2n) is 1.55. The van der Waals surface area contributed by atoms with Crippen molar-refractivity contribution in [3.8, 4) is 6.07 Å². The van der Waals surface area contributed by atoms with Gasteiger partial charge in [0, 0.05) is 17.1 Å². The van der Waals surface area contributed by atoms with Crippen molar-refractivity contribution >= 4 is 5.91 Å². The molecule has 0 unspecified atom stereocenters. The number of hydrogen-bond donors (Lipinski definition) is 2. The molecule has 0 aromatic heterocycles. The zero-order chi connectivity index (χ0) is 8.85. The van der Waals surface area contributed by atoms with Gasteiger partial charge in [-0.15, -0.1) is 0 Å². The molecule has 1 amide bonds. The number of aliphatic hydroxyl groups is 1. The molecule has 5 nitrogen and oxygen atoms in total. The van der Waals surface area contributed by atoms with E-state index in [1.807, 2.05) is 0 Å². The van der Waals surface area contributed by atoms with Gasteiger partial charge in [0.05, 0.1) is 19.2 Å². The van der Waals surface area contributed by atoms with Crippen LogP contribution in [-0.4, -0.2) is 17.6 Å². The van der Waals surface area contributed by atoms with Crippen LogP contribution in [0.25, 0.3) is 4.85 Å². The van der Waals surface area contributed by atoms with Crippen molar-refractivity contribution in [2.45, 2.75) is 0 Å². The summed E-state index contributed by atoms with van der Waals surface area (Å²) in [4.78, 5) is 12.9. The number of carbonyl (C=O) groups is 1. The summed E-state index contributed by atoms with van der Waals surface area (Å²) < 4.78 is 0. The van der Waals surface area contributed by atoms with Gasteiger partial charge < -0.3 is 15.6 Å². The quantitative estimate of drug-likeness (QED) is 0.218. The summed E-state index contributed by atoms with van der Waals surface area (Å²) >= 11 is 0. The van der Waals surface area contributed by atoms with E-state index < -0.39 is 17.2 Å². The van der Waals surface area contributed by atoms with E-state index in [0.717, 1.165) is 0 Å². The van der Waals surface area contributed by atoms with Crippen molar-refractivity contribution in [3.63, 3.8) is 0 Å². The van der Waals surface area contributed by atoms with Gasteiger partial charge in [0.2, 0.25) is 0 Å². The fourth-order valence-electron chi connectivity index (χ4n) is 0.394. The van der Waals surface area contributed by atoms with Crippen LogP contribution < -0.4 is 5.73 Å². The van der Waals surface area contributed by atoms with Crippen molar-refractivity contribution < 1.29 is 27.0 Å². The molecule has 0 heterocycles. The Morgan fingerprint density at radius 1 is 1.75 bits per heavy atom. The number of carbonyl (C=O) groups excluding carboxylic acids is 1. The molecule has 0 fully saturated rings. The third-order valence-corrected chi connectivity index (χ3v) is 0.909. The van der Waals surface area contributed by atoms with E-state index in [1.54, 1.807) is 0 Å². The van der Waals surface area contributed by atoms with Crippen LogP contribution >= 0.6 is 0 Å². The molecular formula is C6H5CuN3O2. The van der Waals surface area contributed by atoms with Crippen LogP contribution in [0.15, 0.2) is 11.3 Å². The summed E-state index contributed by atoms with van der Waals surface area (Å²) in [6.45, 7) is 5.93. The van der Waals surface area contributed by atoms with Gasteiger partial charge in [-0.2, -0.15) is 10.1 Å². The van der Waals surface area contributed by atoms with Gasteiger partial charge in [0.15, 0.2) is 0 Å². The summed E-state index contributed by atoms with van der Waals surface area (Å²) in [5.74, 6) is -1.64. The predicted octanol–water partition coefficient (Wildman–Crippen LogP) is -0.276. The molecule has 0 spiro atoms. The summed E-state index contributed by atoms with van der Waals surface area (Å²) in [6, 6.07) is 1.39. The van der Waals surface area contributed by atoms with E-state index >= 15 is 0 Å². The van der Waals surface area contributed by atoms with E-state index in [9.17, 15) is 4.79 Å². The first kappa shape index (κ1) is 13.3. The van der Waals surface area contributed by atoms with Crippen LogP contribution in [0, 0.1) is 17.9 Å². The summed E-state index contributed by atoms with van der Waals surface area (Å²) in [7, 11) is 0. The maximum Gasteiger partial charge on any atom is 0.399 e. The summed E-state index contributed by atoms with van der Waals surface area (Å²) in [6.07, 6.45) is 0. The fourth-order valence-corrected chi connectivity index (χ4v) is 0.394. The van der Waals surface area contributed by atoms with Crippen molar-refractivity contribution in [2.75, 3.05) is 6.54 Å². The first-order valence-corrected chi connectivity index (χ1v) is 2.61. The summed E-state index contributed by atoms with van der Waals surface area (Å²) in [5.41, 5.74) is 4.35. The molecule has 0 bridgehead atoms. The van der Waals surface area contributed by atoms with Crippen LogP contribution in [0.4, 0.5) is 0 Å². The maximum absolute atomic E-state index is 10.5. The Hall–Kier alpha value is -1.33. The SMILES string of the molecule is [C-]#[N+]C(=O)/C(C#N)=C(\O)CN.[Cu]. The van der Waals surface area contributed by atoms with Crippen molar-refractivity contribution in [1.82, 2.24) is 0 Å². The monoisotopic (exact) mass is 214 g/mol. The van der Waals surface area contributed by atoms with Crippen molar-refractivity contribution in [2.24, 2.45) is 5.73 Å². The van der Waals surface area contributed by atoms with Gasteiger partial charge in [0.1, 0.15) is 11.3 Å². The molecule has 0 saturated heterocycles. The molecule has 1 radical (unpaired) electrons. The zero-order valence-electron chi connectivity index (χ0n) is 5.84.